The van der Waals surface area contributed by atoms with Crippen molar-refractivity contribution in [1.82, 2.24) is 29.2 Å². The molecular formula is C20H28N6S. The lowest BCUT2D eigenvalue weighted by Crippen LogP contribution is -2.33. The second kappa shape index (κ2) is 7.94. The lowest BCUT2D eigenvalue weighted by molar-refractivity contribution is 0.201. The van der Waals surface area contributed by atoms with E-state index in [1.807, 2.05) is 30.7 Å². The Morgan fingerprint density at radius 2 is 1.93 bits per heavy atom. The third kappa shape index (κ3) is 3.99. The molecule has 3 aromatic heterocycles. The summed E-state index contributed by atoms with van der Waals surface area (Å²) in [5.41, 5.74) is 0. The standard InChI is InChI=1S/C20H28N6S/c1-4-26-19(14-25-12-9-21-16(25)3)22-23-20(26)17-7-10-24(11-8-17)13-18-6-5-15(2)27-18/h5-6,9,12,17H,4,7-8,10-11,13-14H2,1-3H3. The SMILES string of the molecule is CCn1c(Cn2ccnc2C)nnc1C1CCN(Cc2ccc(C)s2)CC1. The number of thiophene rings is 1. The van der Waals surface area contributed by atoms with Crippen LogP contribution in [-0.4, -0.2) is 42.3 Å². The summed E-state index contributed by atoms with van der Waals surface area (Å²) in [5.74, 6) is 3.72. The molecule has 1 saturated heterocycles. The van der Waals surface area contributed by atoms with Crippen molar-refractivity contribution in [2.75, 3.05) is 13.1 Å². The van der Waals surface area contributed by atoms with E-state index in [2.05, 4.69) is 55.2 Å². The molecule has 0 amide bonds. The molecule has 0 N–H and O–H groups in total. The third-order valence-corrected chi connectivity index (χ3v) is 6.52. The average Bonchev–Trinajstić information content (AvgIpc) is 3.37. The number of piperidine rings is 1. The lowest BCUT2D eigenvalue weighted by atomic mass is 9.96. The van der Waals surface area contributed by atoms with Gasteiger partial charge >= 0.3 is 0 Å². The van der Waals surface area contributed by atoms with E-state index < -0.39 is 0 Å². The molecule has 4 heterocycles. The van der Waals surface area contributed by atoms with Gasteiger partial charge in [0.25, 0.3) is 0 Å². The van der Waals surface area contributed by atoms with E-state index in [4.69, 9.17) is 0 Å². The van der Waals surface area contributed by atoms with E-state index in [1.54, 1.807) is 0 Å². The minimum absolute atomic E-state index is 0.511. The molecule has 0 saturated carbocycles. The molecule has 0 bridgehead atoms. The van der Waals surface area contributed by atoms with Gasteiger partial charge in [-0.2, -0.15) is 0 Å². The van der Waals surface area contributed by atoms with Crippen molar-refractivity contribution in [3.8, 4) is 0 Å². The predicted octanol–water partition coefficient (Wildman–Crippen LogP) is 3.60. The number of nitrogens with zero attached hydrogens (tertiary/aromatic N) is 6. The minimum atomic E-state index is 0.511. The fourth-order valence-corrected chi connectivity index (χ4v) is 4.91. The van der Waals surface area contributed by atoms with Gasteiger partial charge in [0, 0.05) is 41.2 Å². The molecule has 7 heteroatoms. The number of rotatable bonds is 6. The van der Waals surface area contributed by atoms with Crippen molar-refractivity contribution in [2.45, 2.75) is 59.2 Å². The summed E-state index contributed by atoms with van der Waals surface area (Å²) >= 11 is 1.92. The molecule has 0 atom stereocenters. The average molecular weight is 385 g/mol. The van der Waals surface area contributed by atoms with E-state index in [9.17, 15) is 0 Å². The number of likely N-dealkylation sites (tertiary alicyclic amines) is 1. The van der Waals surface area contributed by atoms with Crippen LogP contribution >= 0.6 is 11.3 Å². The maximum absolute atomic E-state index is 4.60. The van der Waals surface area contributed by atoms with Gasteiger partial charge in [-0.05, 0) is 58.8 Å². The molecule has 1 aliphatic rings. The smallest absolute Gasteiger partial charge is 0.153 e. The molecule has 6 nitrogen and oxygen atoms in total. The highest BCUT2D eigenvalue weighted by molar-refractivity contribution is 7.11. The largest absolute Gasteiger partial charge is 0.328 e. The van der Waals surface area contributed by atoms with Gasteiger partial charge in [-0.25, -0.2) is 4.98 Å². The van der Waals surface area contributed by atoms with E-state index in [0.717, 1.165) is 63.0 Å². The normalized spacial score (nSPS) is 16.3. The topological polar surface area (TPSA) is 51.8 Å². The zero-order valence-electron chi connectivity index (χ0n) is 16.4. The molecule has 0 aliphatic carbocycles. The first-order valence-corrected chi connectivity index (χ1v) is 10.6. The van der Waals surface area contributed by atoms with E-state index in [0.29, 0.717) is 5.92 Å². The van der Waals surface area contributed by atoms with Crippen LogP contribution in [0.2, 0.25) is 0 Å². The Bertz CT molecular complexity index is 884. The quantitative estimate of drug-likeness (QED) is 0.652. The first-order chi connectivity index (χ1) is 13.1. The Labute approximate surface area is 164 Å². The molecular weight excluding hydrogens is 356 g/mol. The Kier molecular flexibility index (Phi) is 5.41. The van der Waals surface area contributed by atoms with Crippen molar-refractivity contribution in [1.29, 1.82) is 0 Å². The second-order valence-corrected chi connectivity index (χ2v) is 8.76. The van der Waals surface area contributed by atoms with Crippen LogP contribution in [-0.2, 0) is 19.6 Å². The van der Waals surface area contributed by atoms with Crippen molar-refractivity contribution < 1.29 is 0 Å². The van der Waals surface area contributed by atoms with Gasteiger partial charge in [0.15, 0.2) is 5.82 Å². The summed E-state index contributed by atoms with van der Waals surface area (Å²) in [4.78, 5) is 9.76. The first-order valence-electron chi connectivity index (χ1n) is 9.81. The maximum Gasteiger partial charge on any atom is 0.153 e. The number of hydrogen-bond acceptors (Lipinski definition) is 5. The lowest BCUT2D eigenvalue weighted by Gasteiger charge is -2.31. The molecule has 1 aliphatic heterocycles. The number of hydrogen-bond donors (Lipinski definition) is 0. The molecule has 0 spiro atoms. The molecule has 27 heavy (non-hydrogen) atoms. The highest BCUT2D eigenvalue weighted by Gasteiger charge is 2.26. The monoisotopic (exact) mass is 384 g/mol. The molecule has 144 valence electrons. The summed E-state index contributed by atoms with van der Waals surface area (Å²) in [6.07, 6.45) is 6.17. The van der Waals surface area contributed by atoms with Crippen LogP contribution in [0.4, 0.5) is 0 Å². The molecule has 4 rings (SSSR count). The van der Waals surface area contributed by atoms with Crippen LogP contribution in [0.25, 0.3) is 0 Å². The molecule has 0 radical (unpaired) electrons. The van der Waals surface area contributed by atoms with Crippen LogP contribution in [0.5, 0.6) is 0 Å². The van der Waals surface area contributed by atoms with Gasteiger partial charge in [0.05, 0.1) is 6.54 Å². The molecule has 3 aromatic rings. The van der Waals surface area contributed by atoms with E-state index in [-0.39, 0.29) is 0 Å². The van der Waals surface area contributed by atoms with Crippen molar-refractivity contribution >= 4 is 11.3 Å². The van der Waals surface area contributed by atoms with Gasteiger partial charge in [-0.3, -0.25) is 4.90 Å². The second-order valence-electron chi connectivity index (χ2n) is 7.38. The number of aryl methyl sites for hydroxylation is 2. The Balaban J connectivity index is 1.41. The Morgan fingerprint density at radius 3 is 2.56 bits per heavy atom. The fourth-order valence-electron chi connectivity index (χ4n) is 3.98. The van der Waals surface area contributed by atoms with Gasteiger partial charge < -0.3 is 9.13 Å². The first kappa shape index (κ1) is 18.4. The third-order valence-electron chi connectivity index (χ3n) is 5.54. The summed E-state index contributed by atoms with van der Waals surface area (Å²) in [7, 11) is 0. The molecule has 0 aromatic carbocycles. The zero-order chi connectivity index (χ0) is 18.8. The van der Waals surface area contributed by atoms with E-state index >= 15 is 0 Å². The van der Waals surface area contributed by atoms with Crippen molar-refractivity contribution in [3.63, 3.8) is 0 Å². The van der Waals surface area contributed by atoms with Crippen molar-refractivity contribution in [3.05, 3.63) is 51.8 Å². The predicted molar refractivity (Wildman–Crippen MR) is 108 cm³/mol. The summed E-state index contributed by atoms with van der Waals surface area (Å²) in [5, 5.41) is 9.12. The fraction of sp³-hybridized carbons (Fsp3) is 0.550. The highest BCUT2D eigenvalue weighted by atomic mass is 32.1. The van der Waals surface area contributed by atoms with Gasteiger partial charge in [0.2, 0.25) is 0 Å². The highest BCUT2D eigenvalue weighted by Crippen LogP contribution is 2.29. The van der Waals surface area contributed by atoms with E-state index in [1.165, 1.54) is 9.75 Å². The Hall–Kier alpha value is -1.99. The number of aromatic nitrogens is 5. The van der Waals surface area contributed by atoms with Gasteiger partial charge in [-0.15, -0.1) is 21.5 Å². The minimum Gasteiger partial charge on any atom is -0.328 e. The van der Waals surface area contributed by atoms with Crippen LogP contribution in [0, 0.1) is 13.8 Å². The molecule has 0 unspecified atom stereocenters. The van der Waals surface area contributed by atoms with Crippen molar-refractivity contribution in [2.24, 2.45) is 0 Å². The zero-order valence-corrected chi connectivity index (χ0v) is 17.2. The summed E-state index contributed by atoms with van der Waals surface area (Å²) < 4.78 is 4.44. The van der Waals surface area contributed by atoms with Crippen LogP contribution in [0.15, 0.2) is 24.5 Å². The maximum atomic E-state index is 4.60. The van der Waals surface area contributed by atoms with Gasteiger partial charge in [0.1, 0.15) is 11.6 Å². The molecule has 1 fully saturated rings. The summed E-state index contributed by atoms with van der Waals surface area (Å²) in [6, 6.07) is 4.49. The van der Waals surface area contributed by atoms with Gasteiger partial charge in [-0.1, -0.05) is 0 Å². The van der Waals surface area contributed by atoms with Crippen LogP contribution < -0.4 is 0 Å². The Morgan fingerprint density at radius 1 is 1.11 bits per heavy atom. The van der Waals surface area contributed by atoms with Crippen LogP contribution in [0.1, 0.15) is 52.9 Å². The summed E-state index contributed by atoms with van der Waals surface area (Å²) in [6.45, 7) is 11.4. The number of imidazole rings is 1. The van der Waals surface area contributed by atoms with Crippen LogP contribution in [0.3, 0.4) is 0 Å².